The Morgan fingerprint density at radius 2 is 2.15 bits per heavy atom. The lowest BCUT2D eigenvalue weighted by atomic mass is 9.96. The third kappa shape index (κ3) is 3.57. The number of ether oxygens (including phenoxy) is 1. The van der Waals surface area contributed by atoms with Gasteiger partial charge in [-0.05, 0) is 43.9 Å². The van der Waals surface area contributed by atoms with E-state index in [1.54, 1.807) is 6.92 Å². The minimum atomic E-state index is -3.02. The number of alkyl halides is 2. The van der Waals surface area contributed by atoms with Crippen LogP contribution in [0.1, 0.15) is 19.8 Å². The van der Waals surface area contributed by atoms with Crippen molar-refractivity contribution in [3.05, 3.63) is 23.2 Å². The van der Waals surface area contributed by atoms with Crippen molar-refractivity contribution in [2.75, 3.05) is 11.9 Å². The Kier molecular flexibility index (Phi) is 4.74. The van der Waals surface area contributed by atoms with Crippen molar-refractivity contribution < 1.29 is 27.9 Å². The summed E-state index contributed by atoms with van der Waals surface area (Å²) in [5.74, 6) is -1.19. The maximum atomic E-state index is 12.5. The van der Waals surface area contributed by atoms with Crippen molar-refractivity contribution in [1.29, 1.82) is 0 Å². The minimum absolute atomic E-state index is 0.0909. The number of benzene rings is 1. The normalized spacial score (nSPS) is 22.6. The highest BCUT2D eigenvalue weighted by atomic mass is 35.5. The van der Waals surface area contributed by atoms with E-state index < -0.39 is 36.5 Å². The molecular weight excluding hydrogens is 372 g/mol. The number of nitrogens with zero attached hydrogens (tertiary/aromatic N) is 1. The number of halogens is 3. The van der Waals surface area contributed by atoms with Gasteiger partial charge in [-0.1, -0.05) is 11.6 Å². The van der Waals surface area contributed by atoms with Crippen molar-refractivity contribution in [1.82, 2.24) is 10.2 Å². The number of anilines is 1. The molecule has 1 aromatic rings. The molecule has 26 heavy (non-hydrogen) atoms. The second kappa shape index (κ2) is 6.71. The Morgan fingerprint density at radius 1 is 1.46 bits per heavy atom. The van der Waals surface area contributed by atoms with E-state index in [1.165, 1.54) is 18.2 Å². The molecule has 0 spiro atoms. The first kappa shape index (κ1) is 18.4. The smallest absolute Gasteiger partial charge is 0.387 e. The highest BCUT2D eigenvalue weighted by molar-refractivity contribution is 6.32. The number of nitrogens with one attached hydrogen (secondary N) is 2. The molecule has 1 aliphatic heterocycles. The minimum Gasteiger partial charge on any atom is -0.433 e. The van der Waals surface area contributed by atoms with Crippen LogP contribution in [0.3, 0.4) is 0 Å². The standard InChI is InChI=1S/C16H16ClF2N3O4/c1-16(8-2-3-8)13(24)22(15(25)21-16)7-12(23)20-9-4-5-11(10(17)6-9)26-14(18)19/h4-6,8,14H,2-3,7H2,1H3,(H,20,23)(H,21,25)/t16-/m1/s1. The summed E-state index contributed by atoms with van der Waals surface area (Å²) >= 11 is 5.81. The lowest BCUT2D eigenvalue weighted by molar-refractivity contribution is -0.134. The molecule has 0 unspecified atom stereocenters. The number of carbonyl (C=O) groups excluding carboxylic acids is 3. The van der Waals surface area contributed by atoms with Crippen LogP contribution in [-0.4, -0.2) is 41.4 Å². The molecule has 1 atom stereocenters. The summed E-state index contributed by atoms with van der Waals surface area (Å²) in [6.07, 6.45) is 1.71. The van der Waals surface area contributed by atoms with Gasteiger partial charge in [-0.2, -0.15) is 8.78 Å². The van der Waals surface area contributed by atoms with Crippen molar-refractivity contribution in [3.8, 4) is 5.75 Å². The van der Waals surface area contributed by atoms with Crippen LogP contribution in [0.5, 0.6) is 5.75 Å². The van der Waals surface area contributed by atoms with Gasteiger partial charge in [-0.3, -0.25) is 14.5 Å². The van der Waals surface area contributed by atoms with E-state index in [2.05, 4.69) is 15.4 Å². The highest BCUT2D eigenvalue weighted by Crippen LogP contribution is 2.42. The van der Waals surface area contributed by atoms with Crippen LogP contribution < -0.4 is 15.4 Å². The number of imide groups is 1. The predicted molar refractivity (Wildman–Crippen MR) is 88.1 cm³/mol. The summed E-state index contributed by atoms with van der Waals surface area (Å²) in [4.78, 5) is 37.5. The summed E-state index contributed by atoms with van der Waals surface area (Å²) in [6, 6.07) is 3.12. The van der Waals surface area contributed by atoms with Crippen LogP contribution >= 0.6 is 11.6 Å². The molecule has 1 aromatic carbocycles. The molecular formula is C16H16ClF2N3O4. The van der Waals surface area contributed by atoms with Gasteiger partial charge in [-0.15, -0.1) is 0 Å². The van der Waals surface area contributed by atoms with E-state index in [0.717, 1.165) is 17.7 Å². The summed E-state index contributed by atoms with van der Waals surface area (Å²) in [5, 5.41) is 5.00. The first-order valence-corrected chi connectivity index (χ1v) is 8.27. The fraction of sp³-hybridized carbons (Fsp3) is 0.438. The molecule has 4 amide bonds. The van der Waals surface area contributed by atoms with E-state index in [-0.39, 0.29) is 22.4 Å². The largest absolute Gasteiger partial charge is 0.433 e. The van der Waals surface area contributed by atoms with E-state index in [1.807, 2.05) is 0 Å². The molecule has 0 radical (unpaired) electrons. The van der Waals surface area contributed by atoms with Gasteiger partial charge in [0.15, 0.2) is 0 Å². The van der Waals surface area contributed by atoms with Crippen LogP contribution in [0.25, 0.3) is 0 Å². The molecule has 7 nitrogen and oxygen atoms in total. The van der Waals surface area contributed by atoms with Crippen LogP contribution in [0, 0.1) is 5.92 Å². The van der Waals surface area contributed by atoms with E-state index >= 15 is 0 Å². The maximum absolute atomic E-state index is 12.5. The first-order valence-electron chi connectivity index (χ1n) is 7.89. The van der Waals surface area contributed by atoms with Gasteiger partial charge in [-0.25, -0.2) is 4.79 Å². The highest BCUT2D eigenvalue weighted by Gasteiger charge is 2.56. The molecule has 1 saturated carbocycles. The summed E-state index contributed by atoms with van der Waals surface area (Å²) < 4.78 is 28.6. The van der Waals surface area contributed by atoms with Gasteiger partial charge in [0, 0.05) is 5.69 Å². The number of hydrogen-bond acceptors (Lipinski definition) is 4. The van der Waals surface area contributed by atoms with Crippen molar-refractivity contribution in [2.45, 2.75) is 31.9 Å². The van der Waals surface area contributed by atoms with Crippen molar-refractivity contribution in [2.24, 2.45) is 5.92 Å². The summed E-state index contributed by atoms with van der Waals surface area (Å²) in [5.41, 5.74) is -0.742. The molecule has 2 aliphatic rings. The zero-order chi connectivity index (χ0) is 19.1. The second-order valence-corrected chi connectivity index (χ2v) is 6.78. The molecule has 0 aromatic heterocycles. The quantitative estimate of drug-likeness (QED) is 0.734. The zero-order valence-corrected chi connectivity index (χ0v) is 14.5. The maximum Gasteiger partial charge on any atom is 0.387 e. The van der Waals surface area contributed by atoms with Gasteiger partial charge in [0.25, 0.3) is 5.91 Å². The van der Waals surface area contributed by atoms with Gasteiger partial charge in [0.1, 0.15) is 17.8 Å². The van der Waals surface area contributed by atoms with E-state index in [9.17, 15) is 23.2 Å². The molecule has 1 saturated heterocycles. The fourth-order valence-electron chi connectivity index (χ4n) is 2.91. The average Bonchev–Trinajstić information content (AvgIpc) is 3.36. The molecule has 140 valence electrons. The Balaban J connectivity index is 1.63. The second-order valence-electron chi connectivity index (χ2n) is 6.37. The van der Waals surface area contributed by atoms with E-state index in [4.69, 9.17) is 11.6 Å². The Hall–Kier alpha value is -2.42. The molecule has 10 heteroatoms. The third-order valence-corrected chi connectivity index (χ3v) is 4.72. The lowest BCUT2D eigenvalue weighted by Gasteiger charge is -2.20. The number of rotatable bonds is 6. The van der Waals surface area contributed by atoms with Gasteiger partial charge < -0.3 is 15.4 Å². The van der Waals surface area contributed by atoms with E-state index in [0.29, 0.717) is 0 Å². The number of carbonyl (C=O) groups is 3. The monoisotopic (exact) mass is 387 g/mol. The van der Waals surface area contributed by atoms with Crippen molar-refractivity contribution >= 4 is 35.1 Å². The summed E-state index contributed by atoms with van der Waals surface area (Å²) in [6.45, 7) is -1.82. The molecule has 1 aliphatic carbocycles. The number of hydrogen-bond donors (Lipinski definition) is 2. The fourth-order valence-corrected chi connectivity index (χ4v) is 3.14. The summed E-state index contributed by atoms with van der Waals surface area (Å²) in [7, 11) is 0. The van der Waals surface area contributed by atoms with Crippen LogP contribution in [-0.2, 0) is 9.59 Å². The van der Waals surface area contributed by atoms with Crippen LogP contribution in [0.15, 0.2) is 18.2 Å². The topological polar surface area (TPSA) is 87.7 Å². The average molecular weight is 388 g/mol. The van der Waals surface area contributed by atoms with Gasteiger partial charge >= 0.3 is 12.6 Å². The Labute approximate surface area is 152 Å². The SMILES string of the molecule is C[C@]1(C2CC2)NC(=O)N(CC(=O)Nc2ccc(OC(F)F)c(Cl)c2)C1=O. The third-order valence-electron chi connectivity index (χ3n) is 4.43. The van der Waals surface area contributed by atoms with Gasteiger partial charge in [0.05, 0.1) is 5.02 Å². The van der Waals surface area contributed by atoms with Crippen LogP contribution in [0.4, 0.5) is 19.3 Å². The Morgan fingerprint density at radius 3 is 2.73 bits per heavy atom. The zero-order valence-electron chi connectivity index (χ0n) is 13.7. The molecule has 2 fully saturated rings. The van der Waals surface area contributed by atoms with Gasteiger partial charge in [0.2, 0.25) is 5.91 Å². The van der Waals surface area contributed by atoms with Crippen molar-refractivity contribution in [3.63, 3.8) is 0 Å². The first-order chi connectivity index (χ1) is 12.2. The Bertz CT molecular complexity index is 772. The molecule has 3 rings (SSSR count). The van der Waals surface area contributed by atoms with Crippen LogP contribution in [0.2, 0.25) is 5.02 Å². The molecule has 2 N–H and O–H groups in total. The number of amides is 4. The predicted octanol–water partition coefficient (Wildman–Crippen LogP) is 2.60. The lowest BCUT2D eigenvalue weighted by Crippen LogP contribution is -2.46. The molecule has 1 heterocycles. The number of urea groups is 1. The molecule has 0 bridgehead atoms.